The van der Waals surface area contributed by atoms with Crippen LogP contribution in [0.2, 0.25) is 0 Å². The molecule has 3 aromatic carbocycles. The number of methoxy groups -OCH3 is 1. The van der Waals surface area contributed by atoms with E-state index in [0.717, 1.165) is 49.3 Å². The third kappa shape index (κ3) is 11.2. The lowest BCUT2D eigenvalue weighted by molar-refractivity contribution is -0.155. The molecule has 5 aromatic rings. The molecule has 73 heavy (non-hydrogen) atoms. The van der Waals surface area contributed by atoms with Gasteiger partial charge in [-0.25, -0.2) is 5.43 Å². The number of aromatic hydroxyl groups is 1. The third-order valence-corrected chi connectivity index (χ3v) is 14.4. The Kier molecular flexibility index (Phi) is 15.8. The molecular formula is C56H68N8O9. The highest BCUT2D eigenvalue weighted by Gasteiger charge is 2.46. The maximum Gasteiger partial charge on any atom is 0.324 e. The fourth-order valence-corrected chi connectivity index (χ4v) is 10.6. The van der Waals surface area contributed by atoms with E-state index in [4.69, 9.17) is 9.47 Å². The first kappa shape index (κ1) is 52.4. The monoisotopic (exact) mass is 997 g/mol. The number of likely N-dealkylation sites (N-methyl/N-ethyl adjacent to an activating group) is 1. The van der Waals surface area contributed by atoms with Gasteiger partial charge in [-0.15, -0.1) is 0 Å². The van der Waals surface area contributed by atoms with Crippen LogP contribution in [0.15, 0.2) is 85.2 Å². The molecule has 0 radical (unpaired) electrons. The van der Waals surface area contributed by atoms with E-state index in [9.17, 15) is 33.9 Å². The van der Waals surface area contributed by atoms with Crippen LogP contribution in [0.3, 0.4) is 0 Å². The summed E-state index contributed by atoms with van der Waals surface area (Å²) >= 11 is 0. The Morgan fingerprint density at radius 3 is 2.49 bits per heavy atom. The molecule has 6 bridgehead atoms. The van der Waals surface area contributed by atoms with Crippen molar-refractivity contribution in [3.05, 3.63) is 107 Å². The number of rotatable bonds is 13. The number of pyridine rings is 1. The molecule has 3 aliphatic heterocycles. The maximum atomic E-state index is 14.8. The summed E-state index contributed by atoms with van der Waals surface area (Å²) in [5.41, 5.74) is 10.4. The number of nitrogens with zero attached hydrogens (tertiary/aromatic N) is 5. The van der Waals surface area contributed by atoms with Crippen LogP contribution in [0.4, 0.5) is 0 Å². The highest BCUT2D eigenvalue weighted by molar-refractivity contribution is 6.09. The van der Waals surface area contributed by atoms with Crippen LogP contribution in [-0.4, -0.2) is 123 Å². The molecule has 3 aliphatic rings. The molecule has 0 spiro atoms. The normalized spacial score (nSPS) is 20.8. The minimum Gasteiger partial charge on any atom is -0.508 e. The number of ether oxygens (including phenoxy) is 2. The molecule has 2 saturated heterocycles. The minimum absolute atomic E-state index is 0.0469. The molecule has 2 aromatic heterocycles. The number of nitrogens with one attached hydrogen (secondary N) is 3. The molecule has 17 heteroatoms. The second-order valence-corrected chi connectivity index (χ2v) is 20.8. The molecule has 5 atom stereocenters. The second kappa shape index (κ2) is 22.0. The summed E-state index contributed by atoms with van der Waals surface area (Å²) in [6.45, 7) is 12.5. The van der Waals surface area contributed by atoms with E-state index in [1.54, 1.807) is 46.2 Å². The van der Waals surface area contributed by atoms with E-state index in [-0.39, 0.29) is 25.3 Å². The van der Waals surface area contributed by atoms with Crippen molar-refractivity contribution in [1.29, 1.82) is 0 Å². The van der Waals surface area contributed by atoms with Gasteiger partial charge in [0.25, 0.3) is 5.91 Å². The number of cyclic esters (lactones) is 1. The van der Waals surface area contributed by atoms with E-state index in [1.807, 2.05) is 54.7 Å². The molecule has 0 aliphatic carbocycles. The number of imide groups is 1. The van der Waals surface area contributed by atoms with E-state index in [0.29, 0.717) is 50.1 Å². The number of carbonyl (C=O) groups excluding carboxylic acids is 6. The summed E-state index contributed by atoms with van der Waals surface area (Å²) in [5.74, 6) is -4.61. The largest absolute Gasteiger partial charge is 0.508 e. The van der Waals surface area contributed by atoms with Gasteiger partial charge < -0.3 is 34.7 Å². The third-order valence-electron chi connectivity index (χ3n) is 14.4. The predicted molar refractivity (Wildman–Crippen MR) is 275 cm³/mol. The van der Waals surface area contributed by atoms with E-state index in [1.165, 1.54) is 17.0 Å². The Balaban J connectivity index is 1.12. The second-order valence-electron chi connectivity index (χ2n) is 20.8. The van der Waals surface area contributed by atoms with Crippen molar-refractivity contribution >= 4 is 46.4 Å². The fraction of sp³-hybridized carbons (Fsp3) is 0.446. The minimum atomic E-state index is -1.25. The van der Waals surface area contributed by atoms with Crippen LogP contribution in [0.5, 0.6) is 5.75 Å². The molecule has 5 amide bonds. The van der Waals surface area contributed by atoms with Crippen LogP contribution in [0, 0.1) is 17.3 Å². The van der Waals surface area contributed by atoms with Crippen molar-refractivity contribution < 1.29 is 43.3 Å². The van der Waals surface area contributed by atoms with Gasteiger partial charge in [0, 0.05) is 74.5 Å². The Bertz CT molecular complexity index is 2900. The van der Waals surface area contributed by atoms with Crippen molar-refractivity contribution in [2.45, 2.75) is 111 Å². The van der Waals surface area contributed by atoms with E-state index < -0.39 is 83.5 Å². The number of aromatic nitrogens is 2. The number of likely N-dealkylation sites (tertiary alicyclic amines) is 1. The quantitative estimate of drug-likeness (QED) is 0.0849. The number of hydrazine groups is 1. The average molecular weight is 997 g/mol. The van der Waals surface area contributed by atoms with Crippen molar-refractivity contribution in [2.75, 3.05) is 33.9 Å². The number of aryl methyl sites for hydroxylation is 1. The van der Waals surface area contributed by atoms with Gasteiger partial charge in [-0.1, -0.05) is 77.1 Å². The Hall–Kier alpha value is -6.95. The molecule has 0 unspecified atom stereocenters. The summed E-state index contributed by atoms with van der Waals surface area (Å²) in [6, 6.07) is 18.6. The first-order valence-corrected chi connectivity index (χ1v) is 25.2. The number of benzene rings is 3. The Morgan fingerprint density at radius 1 is 1.00 bits per heavy atom. The van der Waals surface area contributed by atoms with Crippen LogP contribution in [0.25, 0.3) is 33.3 Å². The molecule has 4 N–H and O–H groups in total. The lowest BCUT2D eigenvalue weighted by Gasteiger charge is -2.37. The number of phenolic OH excluding ortho intramolecular Hbond substituents is 1. The van der Waals surface area contributed by atoms with Crippen molar-refractivity contribution in [3.63, 3.8) is 0 Å². The van der Waals surface area contributed by atoms with Crippen LogP contribution >= 0.6 is 0 Å². The predicted octanol–water partition coefficient (Wildman–Crippen LogP) is 5.54. The zero-order chi connectivity index (χ0) is 52.3. The topological polar surface area (TPSA) is 205 Å². The molecule has 0 saturated carbocycles. The number of phenols is 1. The van der Waals surface area contributed by atoms with Gasteiger partial charge in [0.15, 0.2) is 0 Å². The lowest BCUT2D eigenvalue weighted by atomic mass is 9.84. The number of hydrogen-bond donors (Lipinski definition) is 4. The van der Waals surface area contributed by atoms with Gasteiger partial charge in [0.05, 0.1) is 30.9 Å². The van der Waals surface area contributed by atoms with Crippen molar-refractivity contribution in [2.24, 2.45) is 17.3 Å². The molecule has 5 heterocycles. The van der Waals surface area contributed by atoms with Gasteiger partial charge in [0.2, 0.25) is 23.6 Å². The van der Waals surface area contributed by atoms with Gasteiger partial charge in [-0.05, 0) is 95.8 Å². The molecule has 2 fully saturated rings. The van der Waals surface area contributed by atoms with Crippen LogP contribution < -0.4 is 16.1 Å². The molecule has 8 rings (SSSR count). The summed E-state index contributed by atoms with van der Waals surface area (Å²) in [7, 11) is 3.11. The SMILES string of the molecule is CCn1c(-c2cnccc2COC)c2c3cc(ccc31)-c1cc(O)cc(c1)C[C@H](NC(=O)[C@H](C(C)C)N(C)C(=O)CN1C(=O)[C@@H](C)[C@@H](NCc3ccccc3)C1=O)C(=O)N1CCC[C@H](N1)C(=O)OCC(C)(C)C2. The number of esters is 1. The zero-order valence-corrected chi connectivity index (χ0v) is 43.1. The number of fused-ring (bicyclic) bond motifs is 6. The fourth-order valence-electron chi connectivity index (χ4n) is 10.6. The summed E-state index contributed by atoms with van der Waals surface area (Å²) in [5, 5.41) is 19.8. The standard InChI is InChI=1S/C56H68N8O9/c1-9-62-46-18-17-37-26-41(46)42(50(62)43-29-57-20-19-38(43)31-72-8)27-56(5,6)32-73-55(71)44-16-13-21-64(60-44)53(69)45(24-36-22-39(37)25-40(65)23-36)59-51(67)49(33(2)3)61(7)47(66)30-63-52(68)34(4)48(54(63)70)58-28-35-14-11-10-12-15-35/h10-12,14-15,17-20,22-23,25-26,29,33-34,44-45,48-49,58,60,65H,9,13,16,21,24,27-28,30-32H2,1-8H3,(H,59,67)/t34-,44-,45-,48+,49-/m0/s1. The first-order chi connectivity index (χ1) is 34.9. The van der Waals surface area contributed by atoms with Gasteiger partial charge in [0.1, 0.15) is 30.4 Å². The van der Waals surface area contributed by atoms with Crippen molar-refractivity contribution in [1.82, 2.24) is 40.4 Å². The van der Waals surface area contributed by atoms with Crippen LogP contribution in [-0.2, 0) is 70.8 Å². The van der Waals surface area contributed by atoms with Crippen molar-refractivity contribution in [3.8, 4) is 28.1 Å². The lowest BCUT2D eigenvalue weighted by Crippen LogP contribution is -2.62. The molecule has 386 valence electrons. The van der Waals surface area contributed by atoms with E-state index >= 15 is 0 Å². The average Bonchev–Trinajstić information content (AvgIpc) is 3.77. The number of amides is 5. The molecule has 17 nitrogen and oxygen atoms in total. The highest BCUT2D eigenvalue weighted by Crippen LogP contribution is 2.41. The Labute approximate surface area is 426 Å². The number of carbonyl (C=O) groups is 6. The highest BCUT2D eigenvalue weighted by atomic mass is 16.5. The summed E-state index contributed by atoms with van der Waals surface area (Å²) in [6.07, 6.45) is 4.94. The molecular weight excluding hydrogens is 929 g/mol. The van der Waals surface area contributed by atoms with Crippen LogP contribution in [0.1, 0.15) is 76.6 Å². The first-order valence-electron chi connectivity index (χ1n) is 25.2. The van der Waals surface area contributed by atoms with Gasteiger partial charge in [-0.2, -0.15) is 0 Å². The Morgan fingerprint density at radius 2 is 1.77 bits per heavy atom. The smallest absolute Gasteiger partial charge is 0.324 e. The maximum absolute atomic E-state index is 14.8. The van der Waals surface area contributed by atoms with E-state index in [2.05, 4.69) is 58.5 Å². The summed E-state index contributed by atoms with van der Waals surface area (Å²) < 4.78 is 14.0. The van der Waals surface area contributed by atoms with Gasteiger partial charge >= 0.3 is 5.97 Å². The zero-order valence-electron chi connectivity index (χ0n) is 43.1. The summed E-state index contributed by atoms with van der Waals surface area (Å²) in [4.78, 5) is 91.3. The van der Waals surface area contributed by atoms with Gasteiger partial charge in [-0.3, -0.25) is 43.7 Å². The number of hydrogen-bond acceptors (Lipinski definition) is 12.